The second-order valence-electron chi connectivity index (χ2n) is 3.59. The maximum absolute atomic E-state index is 11.7. The molecule has 0 spiro atoms. The van der Waals surface area contributed by atoms with Gasteiger partial charge in [0.05, 0.1) is 17.6 Å². The summed E-state index contributed by atoms with van der Waals surface area (Å²) in [6.07, 6.45) is 0. The van der Waals surface area contributed by atoms with Crippen molar-refractivity contribution in [2.75, 3.05) is 7.11 Å². The zero-order valence-electron chi connectivity index (χ0n) is 9.38. The lowest BCUT2D eigenvalue weighted by Gasteiger charge is -2.08. The third-order valence-corrected chi connectivity index (χ3v) is 3.91. The van der Waals surface area contributed by atoms with Crippen LogP contribution >= 0.6 is 10.7 Å². The number of hydrogen-bond donors (Lipinski definition) is 0. The zero-order valence-corrected chi connectivity index (χ0v) is 11.0. The lowest BCUT2D eigenvalue weighted by molar-refractivity contribution is 0.0599. The molecule has 0 radical (unpaired) electrons. The summed E-state index contributed by atoms with van der Waals surface area (Å²) in [5.41, 5.74) is -0.0365. The van der Waals surface area contributed by atoms with Crippen molar-refractivity contribution in [1.29, 1.82) is 0 Å². The Morgan fingerprint density at radius 1 is 1.17 bits per heavy atom. The summed E-state index contributed by atoms with van der Waals surface area (Å²) >= 11 is 0. The summed E-state index contributed by atoms with van der Waals surface area (Å²) in [4.78, 5) is 11.5. The van der Waals surface area contributed by atoms with Crippen molar-refractivity contribution in [3.8, 4) is 0 Å². The fraction of sp³-hybridized carbons (Fsp3) is 0.0833. The molecule has 4 nitrogen and oxygen atoms in total. The van der Waals surface area contributed by atoms with Crippen molar-refractivity contribution < 1.29 is 17.9 Å². The van der Waals surface area contributed by atoms with Crippen LogP contribution in [0.25, 0.3) is 10.8 Å². The topological polar surface area (TPSA) is 60.4 Å². The predicted molar refractivity (Wildman–Crippen MR) is 68.3 cm³/mol. The lowest BCUT2D eigenvalue weighted by Crippen LogP contribution is -2.08. The first-order valence-electron chi connectivity index (χ1n) is 5.00. The highest BCUT2D eigenvalue weighted by atomic mass is 35.7. The molecule has 0 N–H and O–H groups in total. The largest absolute Gasteiger partial charge is 0.465 e. The molecule has 0 bridgehead atoms. The molecule has 0 aliphatic carbocycles. The van der Waals surface area contributed by atoms with Gasteiger partial charge in [0.1, 0.15) is 0 Å². The van der Waals surface area contributed by atoms with Gasteiger partial charge < -0.3 is 4.74 Å². The minimum absolute atomic E-state index is 0.0365. The van der Waals surface area contributed by atoms with E-state index >= 15 is 0 Å². The standard InChI is InChI=1S/C12H9ClO4S/c1-17-12(14)11-9-5-3-2-4-8(9)6-7-10(11)18(13,15)16/h2-7H,1H3. The van der Waals surface area contributed by atoms with Gasteiger partial charge in [0, 0.05) is 10.7 Å². The van der Waals surface area contributed by atoms with Crippen molar-refractivity contribution in [2.24, 2.45) is 0 Å². The molecule has 0 saturated heterocycles. The molecule has 2 aromatic carbocycles. The summed E-state index contributed by atoms with van der Waals surface area (Å²) in [5, 5.41) is 1.23. The fourth-order valence-electron chi connectivity index (χ4n) is 1.77. The monoisotopic (exact) mass is 284 g/mol. The number of hydrogen-bond acceptors (Lipinski definition) is 4. The van der Waals surface area contributed by atoms with Crippen LogP contribution in [0.4, 0.5) is 0 Å². The lowest BCUT2D eigenvalue weighted by atomic mass is 10.0. The first-order chi connectivity index (χ1) is 8.45. The van der Waals surface area contributed by atoms with Gasteiger partial charge in [-0.1, -0.05) is 30.3 Å². The molecule has 0 amide bonds. The van der Waals surface area contributed by atoms with E-state index in [2.05, 4.69) is 4.74 Å². The van der Waals surface area contributed by atoms with Crippen LogP contribution in [0.3, 0.4) is 0 Å². The highest BCUT2D eigenvalue weighted by Crippen LogP contribution is 2.28. The van der Waals surface area contributed by atoms with Crippen LogP contribution in [0.15, 0.2) is 41.3 Å². The minimum Gasteiger partial charge on any atom is -0.465 e. The highest BCUT2D eigenvalue weighted by Gasteiger charge is 2.23. The summed E-state index contributed by atoms with van der Waals surface area (Å²) in [6, 6.07) is 9.81. The number of fused-ring (bicyclic) bond motifs is 1. The number of benzene rings is 2. The number of ether oxygens (including phenoxy) is 1. The number of carbonyl (C=O) groups is 1. The molecule has 2 rings (SSSR count). The Morgan fingerprint density at radius 3 is 2.44 bits per heavy atom. The molecule has 18 heavy (non-hydrogen) atoms. The van der Waals surface area contributed by atoms with Crippen molar-refractivity contribution in [1.82, 2.24) is 0 Å². The summed E-state index contributed by atoms with van der Waals surface area (Å²) < 4.78 is 27.6. The van der Waals surface area contributed by atoms with Gasteiger partial charge in [-0.3, -0.25) is 0 Å². The molecule has 94 valence electrons. The quantitative estimate of drug-likeness (QED) is 0.628. The number of carbonyl (C=O) groups excluding carboxylic acids is 1. The van der Waals surface area contributed by atoms with Gasteiger partial charge in [-0.15, -0.1) is 0 Å². The van der Waals surface area contributed by atoms with E-state index in [1.807, 2.05) is 0 Å². The minimum atomic E-state index is -4.01. The SMILES string of the molecule is COC(=O)c1c(S(=O)(=O)Cl)ccc2ccccc12. The first-order valence-corrected chi connectivity index (χ1v) is 7.31. The number of halogens is 1. The molecule has 6 heteroatoms. The van der Waals surface area contributed by atoms with Crippen LogP contribution in [0.2, 0.25) is 0 Å². The Balaban J connectivity index is 2.93. The van der Waals surface area contributed by atoms with Gasteiger partial charge in [0.15, 0.2) is 0 Å². The second kappa shape index (κ2) is 4.59. The maximum atomic E-state index is 11.7. The zero-order chi connectivity index (χ0) is 13.3. The second-order valence-corrected chi connectivity index (χ2v) is 6.12. The van der Waals surface area contributed by atoms with Gasteiger partial charge in [0.25, 0.3) is 9.05 Å². The Hall–Kier alpha value is -1.59. The molecular formula is C12H9ClO4S. The van der Waals surface area contributed by atoms with E-state index in [1.54, 1.807) is 30.3 Å². The van der Waals surface area contributed by atoms with Gasteiger partial charge in [-0.05, 0) is 16.8 Å². The van der Waals surface area contributed by atoms with Crippen LogP contribution in [0.1, 0.15) is 10.4 Å². The number of esters is 1. The molecule has 0 aliphatic heterocycles. The number of rotatable bonds is 2. The Labute approximate surface area is 109 Å². The highest BCUT2D eigenvalue weighted by molar-refractivity contribution is 8.13. The molecule has 0 aliphatic rings. The van der Waals surface area contributed by atoms with Crippen molar-refractivity contribution in [3.05, 3.63) is 42.0 Å². The van der Waals surface area contributed by atoms with Crippen LogP contribution in [0.5, 0.6) is 0 Å². The maximum Gasteiger partial charge on any atom is 0.339 e. The van der Waals surface area contributed by atoms with Crippen LogP contribution < -0.4 is 0 Å². The van der Waals surface area contributed by atoms with E-state index < -0.39 is 15.0 Å². The predicted octanol–water partition coefficient (Wildman–Crippen LogP) is 2.55. The smallest absolute Gasteiger partial charge is 0.339 e. The van der Waals surface area contributed by atoms with Crippen LogP contribution in [-0.2, 0) is 13.8 Å². The van der Waals surface area contributed by atoms with E-state index in [-0.39, 0.29) is 10.5 Å². The average Bonchev–Trinajstić information content (AvgIpc) is 2.35. The molecule has 2 aromatic rings. The molecule has 0 unspecified atom stereocenters. The molecule has 0 atom stereocenters. The summed E-state index contributed by atoms with van der Waals surface area (Å²) in [6.45, 7) is 0. The third-order valence-electron chi connectivity index (χ3n) is 2.54. The Bertz CT molecular complexity index is 722. The van der Waals surface area contributed by atoms with Gasteiger partial charge >= 0.3 is 5.97 Å². The molecule has 0 heterocycles. The summed E-state index contributed by atoms with van der Waals surface area (Å²) in [7, 11) is 2.51. The van der Waals surface area contributed by atoms with Gasteiger partial charge in [-0.25, -0.2) is 13.2 Å². The molecular weight excluding hydrogens is 276 g/mol. The van der Waals surface area contributed by atoms with Crippen LogP contribution in [-0.4, -0.2) is 21.5 Å². The van der Waals surface area contributed by atoms with E-state index in [1.165, 1.54) is 13.2 Å². The molecule has 0 aromatic heterocycles. The molecule has 0 fully saturated rings. The first kappa shape index (κ1) is 12.9. The van der Waals surface area contributed by atoms with E-state index in [0.717, 1.165) is 5.39 Å². The van der Waals surface area contributed by atoms with E-state index in [9.17, 15) is 13.2 Å². The number of methoxy groups -OCH3 is 1. The van der Waals surface area contributed by atoms with Crippen molar-refractivity contribution >= 4 is 36.5 Å². The third kappa shape index (κ3) is 2.19. The van der Waals surface area contributed by atoms with Crippen molar-refractivity contribution in [3.63, 3.8) is 0 Å². The average molecular weight is 285 g/mol. The van der Waals surface area contributed by atoms with Crippen molar-refractivity contribution in [2.45, 2.75) is 4.90 Å². The van der Waals surface area contributed by atoms with Crippen LogP contribution in [0, 0.1) is 0 Å². The molecule has 0 saturated carbocycles. The van der Waals surface area contributed by atoms with E-state index in [4.69, 9.17) is 10.7 Å². The van der Waals surface area contributed by atoms with Gasteiger partial charge in [0.2, 0.25) is 0 Å². The fourth-order valence-corrected chi connectivity index (χ4v) is 2.82. The van der Waals surface area contributed by atoms with E-state index in [0.29, 0.717) is 5.39 Å². The normalized spacial score (nSPS) is 11.4. The Morgan fingerprint density at radius 2 is 1.83 bits per heavy atom. The summed E-state index contributed by atoms with van der Waals surface area (Å²) in [5.74, 6) is -0.731. The van der Waals surface area contributed by atoms with Gasteiger partial charge in [-0.2, -0.15) is 0 Å². The Kier molecular flexibility index (Phi) is 3.28.